The van der Waals surface area contributed by atoms with Crippen LogP contribution in [0, 0.1) is 0 Å². The molecule has 0 spiro atoms. The Labute approximate surface area is 169 Å². The fourth-order valence-corrected chi connectivity index (χ4v) is 3.26. The Bertz CT molecular complexity index is 1120. The predicted molar refractivity (Wildman–Crippen MR) is 117 cm³/mol. The van der Waals surface area contributed by atoms with Gasteiger partial charge in [0.05, 0.1) is 5.69 Å². The zero-order valence-electron chi connectivity index (χ0n) is 16.0. The molecular formula is C25H22N2O2. The van der Waals surface area contributed by atoms with E-state index in [4.69, 9.17) is 4.74 Å². The summed E-state index contributed by atoms with van der Waals surface area (Å²) in [6.07, 6.45) is 3.55. The number of hydrogen-bond donors (Lipinski definition) is 2. The number of aromatic amines is 1. The summed E-state index contributed by atoms with van der Waals surface area (Å²) in [4.78, 5) is 15.4. The Morgan fingerprint density at radius 2 is 1.59 bits per heavy atom. The summed E-state index contributed by atoms with van der Waals surface area (Å²) in [6.45, 7) is 0.651. The van der Waals surface area contributed by atoms with Crippen molar-refractivity contribution in [2.45, 2.75) is 6.61 Å². The first-order valence-corrected chi connectivity index (χ1v) is 9.58. The number of amides is 1. The molecule has 0 radical (unpaired) electrons. The van der Waals surface area contributed by atoms with Crippen molar-refractivity contribution in [2.24, 2.45) is 0 Å². The van der Waals surface area contributed by atoms with Crippen LogP contribution in [0.4, 0.5) is 4.79 Å². The van der Waals surface area contributed by atoms with E-state index in [0.717, 1.165) is 33.3 Å². The molecule has 1 amide bonds. The highest BCUT2D eigenvalue weighted by Crippen LogP contribution is 2.31. The maximum Gasteiger partial charge on any atom is 0.407 e. The summed E-state index contributed by atoms with van der Waals surface area (Å²) in [5.74, 6) is 0. The van der Waals surface area contributed by atoms with E-state index in [1.165, 1.54) is 0 Å². The Morgan fingerprint density at radius 1 is 0.897 bits per heavy atom. The summed E-state index contributed by atoms with van der Waals surface area (Å²) in [7, 11) is 0. The van der Waals surface area contributed by atoms with Crippen molar-refractivity contribution in [1.82, 2.24) is 10.3 Å². The van der Waals surface area contributed by atoms with E-state index in [9.17, 15) is 4.79 Å². The van der Waals surface area contributed by atoms with E-state index in [1.807, 2.05) is 72.8 Å². The smallest absolute Gasteiger partial charge is 0.407 e. The Morgan fingerprint density at radius 3 is 2.38 bits per heavy atom. The molecule has 4 heteroatoms. The lowest BCUT2D eigenvalue weighted by molar-refractivity contribution is 0.141. The molecule has 0 bridgehead atoms. The van der Waals surface area contributed by atoms with E-state index < -0.39 is 6.09 Å². The van der Waals surface area contributed by atoms with Crippen LogP contribution in [0.25, 0.3) is 28.2 Å². The van der Waals surface area contributed by atoms with Gasteiger partial charge in [-0.3, -0.25) is 0 Å². The third-order valence-electron chi connectivity index (χ3n) is 4.67. The largest absolute Gasteiger partial charge is 0.445 e. The standard InChI is InChI=1S/C25H22N2O2/c28-25(29-18-19-10-3-1-4-11-19)26-17-9-15-22-21-14-7-8-16-23(21)27-24(22)20-12-5-2-6-13-20/h1-16,27H,17-18H2,(H,26,28). The number of aromatic nitrogens is 1. The van der Waals surface area contributed by atoms with Gasteiger partial charge in [-0.25, -0.2) is 4.79 Å². The highest BCUT2D eigenvalue weighted by atomic mass is 16.5. The molecule has 0 saturated heterocycles. The SMILES string of the molecule is O=C(NCC=Cc1c(-c2ccccc2)[nH]c2ccccc12)OCc1ccccc1. The second-order valence-electron chi connectivity index (χ2n) is 6.67. The first-order valence-electron chi connectivity index (χ1n) is 9.58. The van der Waals surface area contributed by atoms with E-state index >= 15 is 0 Å². The number of rotatable bonds is 6. The molecule has 0 atom stereocenters. The third-order valence-corrected chi connectivity index (χ3v) is 4.67. The number of H-pyrrole nitrogens is 1. The van der Waals surface area contributed by atoms with Gasteiger partial charge < -0.3 is 15.0 Å². The highest BCUT2D eigenvalue weighted by Gasteiger charge is 2.10. The van der Waals surface area contributed by atoms with Crippen molar-refractivity contribution in [2.75, 3.05) is 6.54 Å². The van der Waals surface area contributed by atoms with E-state index in [-0.39, 0.29) is 6.61 Å². The summed E-state index contributed by atoms with van der Waals surface area (Å²) in [5, 5.41) is 3.91. The van der Waals surface area contributed by atoms with Crippen LogP contribution in [-0.4, -0.2) is 17.6 Å². The van der Waals surface area contributed by atoms with Crippen LogP contribution in [0.3, 0.4) is 0 Å². The van der Waals surface area contributed by atoms with Crippen molar-refractivity contribution in [3.63, 3.8) is 0 Å². The maximum atomic E-state index is 11.9. The second-order valence-corrected chi connectivity index (χ2v) is 6.67. The van der Waals surface area contributed by atoms with Crippen LogP contribution < -0.4 is 5.32 Å². The Balaban J connectivity index is 1.43. The number of carbonyl (C=O) groups excluding carboxylic acids is 1. The van der Waals surface area contributed by atoms with Crippen molar-refractivity contribution >= 4 is 23.1 Å². The molecule has 0 aliphatic rings. The second kappa shape index (κ2) is 8.93. The molecule has 0 aliphatic carbocycles. The number of alkyl carbamates (subject to hydrolysis) is 1. The first kappa shape index (κ1) is 18.6. The average molecular weight is 382 g/mol. The molecule has 4 rings (SSSR count). The number of fused-ring (bicyclic) bond motifs is 1. The van der Waals surface area contributed by atoms with Gasteiger partial charge in [-0.2, -0.15) is 0 Å². The zero-order valence-corrected chi connectivity index (χ0v) is 16.0. The fourth-order valence-electron chi connectivity index (χ4n) is 3.26. The van der Waals surface area contributed by atoms with Crippen molar-refractivity contribution in [3.8, 4) is 11.3 Å². The van der Waals surface area contributed by atoms with E-state index in [0.29, 0.717) is 6.54 Å². The molecule has 0 fully saturated rings. The van der Waals surface area contributed by atoms with Gasteiger partial charge in [-0.1, -0.05) is 91.0 Å². The van der Waals surface area contributed by atoms with Gasteiger partial charge in [0.1, 0.15) is 6.61 Å². The van der Waals surface area contributed by atoms with Crippen molar-refractivity contribution in [3.05, 3.63) is 102 Å². The number of para-hydroxylation sites is 1. The molecule has 3 aromatic carbocycles. The van der Waals surface area contributed by atoms with Crippen LogP contribution in [0.2, 0.25) is 0 Å². The van der Waals surface area contributed by atoms with Gasteiger partial charge in [0.2, 0.25) is 0 Å². The minimum Gasteiger partial charge on any atom is -0.445 e. The van der Waals surface area contributed by atoms with E-state index in [2.05, 4.69) is 34.6 Å². The summed E-state index contributed by atoms with van der Waals surface area (Å²) in [5.41, 5.74) is 5.34. The van der Waals surface area contributed by atoms with Crippen molar-refractivity contribution in [1.29, 1.82) is 0 Å². The third kappa shape index (κ3) is 4.55. The zero-order chi connectivity index (χ0) is 19.9. The van der Waals surface area contributed by atoms with Crippen molar-refractivity contribution < 1.29 is 9.53 Å². The first-order chi connectivity index (χ1) is 14.3. The molecule has 144 valence electrons. The average Bonchev–Trinajstić information content (AvgIpc) is 3.15. The molecule has 4 nitrogen and oxygen atoms in total. The normalized spacial score (nSPS) is 11.0. The summed E-state index contributed by atoms with van der Waals surface area (Å²) >= 11 is 0. The Hall–Kier alpha value is -3.79. The minimum absolute atomic E-state index is 0.261. The lowest BCUT2D eigenvalue weighted by Gasteiger charge is -2.05. The van der Waals surface area contributed by atoms with Crippen LogP contribution in [-0.2, 0) is 11.3 Å². The quantitative estimate of drug-likeness (QED) is 0.444. The number of ether oxygens (including phenoxy) is 1. The minimum atomic E-state index is -0.430. The van der Waals surface area contributed by atoms with Gasteiger partial charge in [0, 0.05) is 23.0 Å². The fraction of sp³-hybridized carbons (Fsp3) is 0.0800. The number of carbonyl (C=O) groups is 1. The van der Waals surface area contributed by atoms with Crippen LogP contribution >= 0.6 is 0 Å². The summed E-state index contributed by atoms with van der Waals surface area (Å²) in [6, 6.07) is 28.1. The number of benzene rings is 3. The predicted octanol–water partition coefficient (Wildman–Crippen LogP) is 5.77. The molecule has 0 saturated carbocycles. The van der Waals surface area contributed by atoms with Gasteiger partial charge in [-0.05, 0) is 17.2 Å². The monoisotopic (exact) mass is 382 g/mol. The topological polar surface area (TPSA) is 54.1 Å². The molecule has 1 heterocycles. The molecule has 29 heavy (non-hydrogen) atoms. The number of hydrogen-bond acceptors (Lipinski definition) is 2. The van der Waals surface area contributed by atoms with Gasteiger partial charge in [-0.15, -0.1) is 0 Å². The van der Waals surface area contributed by atoms with E-state index in [1.54, 1.807) is 0 Å². The molecule has 1 aromatic heterocycles. The number of nitrogens with one attached hydrogen (secondary N) is 2. The van der Waals surface area contributed by atoms with Gasteiger partial charge in [0.25, 0.3) is 0 Å². The lowest BCUT2D eigenvalue weighted by atomic mass is 10.0. The lowest BCUT2D eigenvalue weighted by Crippen LogP contribution is -2.24. The van der Waals surface area contributed by atoms with Crippen LogP contribution in [0.5, 0.6) is 0 Å². The highest BCUT2D eigenvalue weighted by molar-refractivity contribution is 5.96. The maximum absolute atomic E-state index is 11.9. The van der Waals surface area contributed by atoms with Gasteiger partial charge >= 0.3 is 6.09 Å². The molecule has 2 N–H and O–H groups in total. The Kier molecular flexibility index (Phi) is 5.72. The van der Waals surface area contributed by atoms with Crippen LogP contribution in [0.1, 0.15) is 11.1 Å². The molecule has 0 aliphatic heterocycles. The van der Waals surface area contributed by atoms with Crippen LogP contribution in [0.15, 0.2) is 91.0 Å². The van der Waals surface area contributed by atoms with Gasteiger partial charge in [0.15, 0.2) is 0 Å². The molecule has 4 aromatic rings. The summed E-state index contributed by atoms with van der Waals surface area (Å²) < 4.78 is 5.24. The molecule has 0 unspecified atom stereocenters. The molecular weight excluding hydrogens is 360 g/mol.